The summed E-state index contributed by atoms with van der Waals surface area (Å²) < 4.78 is 5.45. The second-order valence-corrected chi connectivity index (χ2v) is 8.94. The zero-order chi connectivity index (χ0) is 21.6. The Bertz CT molecular complexity index is 1010. The standard InChI is InChI=1S/C25H28N2O4/c1-31-19-6-4-5-17(15-19)22-25(20-7-2-3-8-21(20)26-24(25)30)13-14-27(22)23(29)16-9-11-18(28)12-10-16/h2-8,15-16,18,22,28H,9-14H2,1H3,(H,26,30)/t16?,18?,22-,25+/m0/s1. The van der Waals surface area contributed by atoms with E-state index in [4.69, 9.17) is 4.74 Å². The van der Waals surface area contributed by atoms with Crippen LogP contribution in [0.15, 0.2) is 48.5 Å². The highest BCUT2D eigenvalue weighted by molar-refractivity contribution is 6.07. The van der Waals surface area contributed by atoms with Crippen molar-refractivity contribution in [2.45, 2.75) is 49.7 Å². The molecule has 2 fully saturated rings. The number of ether oxygens (including phenoxy) is 1. The summed E-state index contributed by atoms with van der Waals surface area (Å²) in [6, 6.07) is 15.1. The molecule has 0 radical (unpaired) electrons. The lowest BCUT2D eigenvalue weighted by Gasteiger charge is -2.37. The summed E-state index contributed by atoms with van der Waals surface area (Å²) in [5.74, 6) is 0.649. The number of carbonyl (C=O) groups excluding carboxylic acids is 2. The molecule has 2 atom stereocenters. The minimum Gasteiger partial charge on any atom is -0.497 e. The molecule has 1 spiro atoms. The number of hydrogen-bond acceptors (Lipinski definition) is 4. The smallest absolute Gasteiger partial charge is 0.237 e. The SMILES string of the molecule is COc1cccc([C@@H]2N(C(=O)C3CCC(O)CC3)CC[C@]23C(=O)Nc2ccccc23)c1. The topological polar surface area (TPSA) is 78.9 Å². The summed E-state index contributed by atoms with van der Waals surface area (Å²) in [6.45, 7) is 0.529. The number of hydrogen-bond donors (Lipinski definition) is 2. The van der Waals surface area contributed by atoms with Crippen LogP contribution in [-0.4, -0.2) is 41.6 Å². The van der Waals surface area contributed by atoms with Crippen LogP contribution in [0, 0.1) is 5.92 Å². The minimum atomic E-state index is -0.813. The second-order valence-electron chi connectivity index (χ2n) is 8.94. The van der Waals surface area contributed by atoms with Gasteiger partial charge in [0, 0.05) is 18.2 Å². The monoisotopic (exact) mass is 420 g/mol. The molecule has 162 valence electrons. The molecule has 2 aromatic rings. The predicted molar refractivity (Wildman–Crippen MR) is 117 cm³/mol. The Balaban J connectivity index is 1.60. The van der Waals surface area contributed by atoms with E-state index in [-0.39, 0.29) is 23.8 Å². The van der Waals surface area contributed by atoms with Crippen LogP contribution < -0.4 is 10.1 Å². The molecule has 2 heterocycles. The summed E-state index contributed by atoms with van der Waals surface area (Å²) in [5, 5.41) is 12.9. The van der Waals surface area contributed by atoms with Gasteiger partial charge in [-0.1, -0.05) is 30.3 Å². The molecule has 2 N–H and O–H groups in total. The summed E-state index contributed by atoms with van der Waals surface area (Å²) >= 11 is 0. The number of aliphatic hydroxyl groups excluding tert-OH is 1. The van der Waals surface area contributed by atoms with E-state index in [9.17, 15) is 14.7 Å². The average molecular weight is 421 g/mol. The van der Waals surface area contributed by atoms with Gasteiger partial charge in [0.1, 0.15) is 11.2 Å². The first kappa shape index (κ1) is 20.1. The molecular formula is C25H28N2O4. The largest absolute Gasteiger partial charge is 0.497 e. The highest BCUT2D eigenvalue weighted by Crippen LogP contribution is 2.55. The number of anilines is 1. The van der Waals surface area contributed by atoms with E-state index in [1.165, 1.54) is 0 Å². The number of methoxy groups -OCH3 is 1. The van der Waals surface area contributed by atoms with Gasteiger partial charge in [0.25, 0.3) is 0 Å². The van der Waals surface area contributed by atoms with Crippen LogP contribution in [0.4, 0.5) is 5.69 Å². The van der Waals surface area contributed by atoms with Crippen molar-refractivity contribution in [3.63, 3.8) is 0 Å². The Hall–Kier alpha value is -2.86. The van der Waals surface area contributed by atoms with Crippen molar-refractivity contribution in [2.24, 2.45) is 5.92 Å². The van der Waals surface area contributed by atoms with Gasteiger partial charge in [-0.3, -0.25) is 9.59 Å². The molecular weight excluding hydrogens is 392 g/mol. The van der Waals surface area contributed by atoms with Gasteiger partial charge in [0.2, 0.25) is 11.8 Å². The minimum absolute atomic E-state index is 0.0455. The summed E-state index contributed by atoms with van der Waals surface area (Å²) in [7, 11) is 1.62. The molecule has 1 saturated heterocycles. The molecule has 6 heteroatoms. The lowest BCUT2D eigenvalue weighted by molar-refractivity contribution is -0.139. The van der Waals surface area contributed by atoms with E-state index >= 15 is 0 Å². The van der Waals surface area contributed by atoms with Crippen molar-refractivity contribution in [1.29, 1.82) is 0 Å². The van der Waals surface area contributed by atoms with Gasteiger partial charge in [0.05, 0.1) is 19.3 Å². The van der Waals surface area contributed by atoms with Crippen LogP contribution in [0.2, 0.25) is 0 Å². The van der Waals surface area contributed by atoms with Crippen molar-refractivity contribution in [2.75, 3.05) is 19.0 Å². The van der Waals surface area contributed by atoms with Crippen LogP contribution in [0.5, 0.6) is 5.75 Å². The second kappa shape index (κ2) is 7.68. The van der Waals surface area contributed by atoms with E-state index in [0.717, 1.165) is 16.8 Å². The van der Waals surface area contributed by atoms with E-state index in [2.05, 4.69) is 5.32 Å². The molecule has 6 nitrogen and oxygen atoms in total. The van der Waals surface area contributed by atoms with Crippen molar-refractivity contribution in [3.8, 4) is 5.75 Å². The number of aliphatic hydroxyl groups is 1. The Labute approximate surface area is 182 Å². The third-order valence-electron chi connectivity index (χ3n) is 7.33. The predicted octanol–water partition coefficient (Wildman–Crippen LogP) is 3.41. The van der Waals surface area contributed by atoms with Crippen LogP contribution >= 0.6 is 0 Å². The maximum absolute atomic E-state index is 13.7. The van der Waals surface area contributed by atoms with E-state index in [1.54, 1.807) is 7.11 Å². The Morgan fingerprint density at radius 1 is 1.13 bits per heavy atom. The fraction of sp³-hybridized carbons (Fsp3) is 0.440. The fourth-order valence-corrected chi connectivity index (χ4v) is 5.76. The molecule has 5 rings (SSSR count). The van der Waals surface area contributed by atoms with Crippen molar-refractivity contribution < 1.29 is 19.4 Å². The first-order valence-corrected chi connectivity index (χ1v) is 11.1. The van der Waals surface area contributed by atoms with Crippen LogP contribution in [0.25, 0.3) is 0 Å². The zero-order valence-electron chi connectivity index (χ0n) is 17.7. The number of likely N-dealkylation sites (tertiary alicyclic amines) is 1. The quantitative estimate of drug-likeness (QED) is 0.798. The third-order valence-corrected chi connectivity index (χ3v) is 7.33. The van der Waals surface area contributed by atoms with Crippen molar-refractivity contribution in [3.05, 3.63) is 59.7 Å². The number of nitrogens with one attached hydrogen (secondary N) is 1. The molecule has 31 heavy (non-hydrogen) atoms. The Kier molecular flexibility index (Phi) is 4.97. The molecule has 3 aliphatic rings. The molecule has 0 unspecified atom stereocenters. The van der Waals surface area contributed by atoms with Crippen molar-refractivity contribution in [1.82, 2.24) is 4.90 Å². The van der Waals surface area contributed by atoms with Gasteiger partial charge in [-0.2, -0.15) is 0 Å². The maximum Gasteiger partial charge on any atom is 0.237 e. The molecule has 1 saturated carbocycles. The normalized spacial score (nSPS) is 29.7. The average Bonchev–Trinajstić information content (AvgIpc) is 3.33. The lowest BCUT2D eigenvalue weighted by atomic mass is 9.72. The number of nitrogens with zero attached hydrogens (tertiary/aromatic N) is 1. The highest BCUT2D eigenvalue weighted by Gasteiger charge is 2.59. The first-order valence-electron chi connectivity index (χ1n) is 11.1. The number of rotatable bonds is 3. The van der Waals surface area contributed by atoms with Gasteiger partial charge in [-0.25, -0.2) is 0 Å². The Morgan fingerprint density at radius 3 is 2.68 bits per heavy atom. The molecule has 0 aromatic heterocycles. The molecule has 2 aromatic carbocycles. The number of fused-ring (bicyclic) bond motifs is 2. The molecule has 2 amide bonds. The number of amides is 2. The van der Waals surface area contributed by atoms with E-state index in [1.807, 2.05) is 53.4 Å². The molecule has 2 aliphatic heterocycles. The number of para-hydroxylation sites is 1. The van der Waals surface area contributed by atoms with Gasteiger partial charge < -0.3 is 20.1 Å². The van der Waals surface area contributed by atoms with Crippen LogP contribution in [0.3, 0.4) is 0 Å². The van der Waals surface area contributed by atoms with Gasteiger partial charge in [-0.05, 0) is 61.4 Å². The van der Waals surface area contributed by atoms with Gasteiger partial charge in [0.15, 0.2) is 0 Å². The molecule has 1 aliphatic carbocycles. The van der Waals surface area contributed by atoms with Gasteiger partial charge in [-0.15, -0.1) is 0 Å². The zero-order valence-corrected chi connectivity index (χ0v) is 17.7. The van der Waals surface area contributed by atoms with Crippen molar-refractivity contribution >= 4 is 17.5 Å². The summed E-state index contributed by atoms with van der Waals surface area (Å²) in [4.78, 5) is 29.1. The third kappa shape index (κ3) is 3.12. The number of carbonyl (C=O) groups is 2. The lowest BCUT2D eigenvalue weighted by Crippen LogP contribution is -2.44. The fourth-order valence-electron chi connectivity index (χ4n) is 5.76. The summed E-state index contributed by atoms with van der Waals surface area (Å²) in [6.07, 6.45) is 2.97. The maximum atomic E-state index is 13.7. The first-order chi connectivity index (χ1) is 15.0. The van der Waals surface area contributed by atoms with E-state index in [0.29, 0.717) is 44.4 Å². The Morgan fingerprint density at radius 2 is 1.90 bits per heavy atom. The van der Waals surface area contributed by atoms with Crippen LogP contribution in [0.1, 0.15) is 49.3 Å². The highest BCUT2D eigenvalue weighted by atomic mass is 16.5. The summed E-state index contributed by atoms with van der Waals surface area (Å²) in [5.41, 5.74) is 1.89. The van der Waals surface area contributed by atoms with E-state index < -0.39 is 11.5 Å². The van der Waals surface area contributed by atoms with Gasteiger partial charge >= 0.3 is 0 Å². The number of benzene rings is 2. The molecule has 0 bridgehead atoms. The van der Waals surface area contributed by atoms with Crippen LogP contribution in [-0.2, 0) is 15.0 Å².